The number of nitrogens with zero attached hydrogens (tertiary/aromatic N) is 2. The van der Waals surface area contributed by atoms with Gasteiger partial charge in [-0.3, -0.25) is 13.9 Å². The number of likely N-dealkylation sites (tertiary alicyclic amines) is 1. The summed E-state index contributed by atoms with van der Waals surface area (Å²) in [5.74, 6) is -0.277. The number of Topliss-reactive ketones (excluding diaryl/α,β-unsaturated/α-hetero) is 1. The second-order valence-corrected chi connectivity index (χ2v) is 10.3. The lowest BCUT2D eigenvalue weighted by atomic mass is 10.1. The van der Waals surface area contributed by atoms with Gasteiger partial charge in [0.1, 0.15) is 0 Å². The molecule has 0 aliphatic carbocycles. The smallest absolute Gasteiger partial charge is 0.263 e. The third-order valence-electron chi connectivity index (χ3n) is 5.46. The predicted octanol–water partition coefficient (Wildman–Crippen LogP) is 2.95. The Morgan fingerprint density at radius 3 is 2.71 bits per heavy atom. The molecule has 2 aromatic rings. The molecule has 1 amide bonds. The molecule has 6 nitrogen and oxygen atoms in total. The van der Waals surface area contributed by atoms with Crippen molar-refractivity contribution in [3.63, 3.8) is 0 Å². The minimum Gasteiger partial charge on any atom is -0.337 e. The van der Waals surface area contributed by atoms with Crippen LogP contribution in [0.15, 0.2) is 35.7 Å². The van der Waals surface area contributed by atoms with E-state index >= 15 is 0 Å². The van der Waals surface area contributed by atoms with Crippen LogP contribution in [0.3, 0.4) is 0 Å². The van der Waals surface area contributed by atoms with Crippen LogP contribution in [-0.4, -0.2) is 49.9 Å². The van der Waals surface area contributed by atoms with Gasteiger partial charge in [-0.15, -0.1) is 11.3 Å². The Kier molecular flexibility index (Phi) is 5.01. The number of carbonyl (C=O) groups excluding carboxylic acids is 2. The highest BCUT2D eigenvalue weighted by atomic mass is 32.2. The monoisotopic (exact) mass is 418 g/mol. The average Bonchev–Trinajstić information content (AvgIpc) is 3.35. The SMILES string of the molecule is CC(=O)c1csc(C(=O)N2CCC[C@H](S(=O)(=O)N3CCc4ccccc43)C2)c1. The van der Waals surface area contributed by atoms with Crippen LogP contribution in [0.1, 0.15) is 45.4 Å². The summed E-state index contributed by atoms with van der Waals surface area (Å²) < 4.78 is 28.1. The van der Waals surface area contributed by atoms with Gasteiger partial charge in [0.15, 0.2) is 5.78 Å². The Bertz CT molecular complexity index is 1030. The van der Waals surface area contributed by atoms with E-state index in [1.807, 2.05) is 24.3 Å². The van der Waals surface area contributed by atoms with Crippen LogP contribution in [0.4, 0.5) is 5.69 Å². The van der Waals surface area contributed by atoms with E-state index in [1.54, 1.807) is 16.3 Å². The molecule has 1 fully saturated rings. The van der Waals surface area contributed by atoms with Gasteiger partial charge in [-0.25, -0.2) is 8.42 Å². The number of fused-ring (bicyclic) bond motifs is 1. The van der Waals surface area contributed by atoms with Crippen molar-refractivity contribution in [2.75, 3.05) is 23.9 Å². The molecule has 0 spiro atoms. The summed E-state index contributed by atoms with van der Waals surface area (Å²) in [6.07, 6.45) is 1.91. The number of carbonyl (C=O) groups is 2. The number of anilines is 1. The molecule has 28 heavy (non-hydrogen) atoms. The summed E-state index contributed by atoms with van der Waals surface area (Å²) in [4.78, 5) is 26.4. The maximum Gasteiger partial charge on any atom is 0.263 e. The summed E-state index contributed by atoms with van der Waals surface area (Å²) in [6, 6.07) is 9.19. The zero-order chi connectivity index (χ0) is 19.9. The molecular weight excluding hydrogens is 396 g/mol. The van der Waals surface area contributed by atoms with Crippen LogP contribution in [0.5, 0.6) is 0 Å². The van der Waals surface area contributed by atoms with Crippen molar-refractivity contribution in [2.45, 2.75) is 31.4 Å². The molecule has 148 valence electrons. The van der Waals surface area contributed by atoms with Crippen LogP contribution >= 0.6 is 11.3 Å². The molecule has 8 heteroatoms. The van der Waals surface area contributed by atoms with Gasteiger partial charge < -0.3 is 4.90 Å². The van der Waals surface area contributed by atoms with Crippen molar-refractivity contribution in [3.8, 4) is 0 Å². The molecule has 2 aliphatic heterocycles. The van der Waals surface area contributed by atoms with Gasteiger partial charge in [-0.1, -0.05) is 18.2 Å². The van der Waals surface area contributed by atoms with Gasteiger partial charge in [-0.05, 0) is 43.9 Å². The Labute approximate surface area is 168 Å². The third kappa shape index (κ3) is 3.35. The Hall–Kier alpha value is -2.19. The molecule has 2 aliphatic rings. The van der Waals surface area contributed by atoms with Gasteiger partial charge in [0.25, 0.3) is 5.91 Å². The lowest BCUT2D eigenvalue weighted by Crippen LogP contribution is -2.49. The predicted molar refractivity (Wildman–Crippen MR) is 110 cm³/mol. The number of para-hydroxylation sites is 1. The van der Waals surface area contributed by atoms with E-state index < -0.39 is 15.3 Å². The van der Waals surface area contributed by atoms with Gasteiger partial charge in [0, 0.05) is 30.6 Å². The largest absolute Gasteiger partial charge is 0.337 e. The molecular formula is C20H22N2O4S2. The van der Waals surface area contributed by atoms with Crippen molar-refractivity contribution in [3.05, 3.63) is 51.7 Å². The first-order valence-corrected chi connectivity index (χ1v) is 11.7. The zero-order valence-electron chi connectivity index (χ0n) is 15.6. The second-order valence-electron chi connectivity index (χ2n) is 7.27. The van der Waals surface area contributed by atoms with Crippen LogP contribution in [0.25, 0.3) is 0 Å². The molecule has 0 unspecified atom stereocenters. The standard InChI is InChI=1S/C20H22N2O4S2/c1-14(23)16-11-19(27-13-16)20(24)21-9-4-6-17(12-21)28(25,26)22-10-8-15-5-2-3-7-18(15)22/h2-3,5,7,11,13,17H,4,6,8-10,12H2,1H3/t17-/m0/s1. The molecule has 3 heterocycles. The van der Waals surface area contributed by atoms with Crippen molar-refractivity contribution in [2.24, 2.45) is 0 Å². The average molecular weight is 419 g/mol. The summed E-state index contributed by atoms with van der Waals surface area (Å²) in [6.45, 7) is 2.65. The number of hydrogen-bond donors (Lipinski definition) is 0. The van der Waals surface area contributed by atoms with Crippen molar-refractivity contribution in [1.29, 1.82) is 0 Å². The van der Waals surface area contributed by atoms with E-state index in [0.717, 1.165) is 11.3 Å². The number of ketones is 1. The summed E-state index contributed by atoms with van der Waals surface area (Å²) >= 11 is 1.23. The molecule has 0 saturated carbocycles. The zero-order valence-corrected chi connectivity index (χ0v) is 17.3. The fourth-order valence-corrected chi connectivity index (χ4v) is 6.81. The third-order valence-corrected chi connectivity index (χ3v) is 8.59. The lowest BCUT2D eigenvalue weighted by Gasteiger charge is -2.34. The topological polar surface area (TPSA) is 74.8 Å². The van der Waals surface area contributed by atoms with E-state index in [4.69, 9.17) is 0 Å². The lowest BCUT2D eigenvalue weighted by molar-refractivity contribution is 0.0731. The van der Waals surface area contributed by atoms with E-state index in [1.165, 1.54) is 22.6 Å². The van der Waals surface area contributed by atoms with Crippen molar-refractivity contribution >= 4 is 38.7 Å². The summed E-state index contributed by atoms with van der Waals surface area (Å²) in [7, 11) is -3.54. The Morgan fingerprint density at radius 1 is 1.18 bits per heavy atom. The van der Waals surface area contributed by atoms with Crippen LogP contribution < -0.4 is 4.31 Å². The fraction of sp³-hybridized carbons (Fsp3) is 0.400. The molecule has 0 N–H and O–H groups in total. The first-order valence-electron chi connectivity index (χ1n) is 9.36. The number of sulfonamides is 1. The van der Waals surface area contributed by atoms with E-state index in [9.17, 15) is 18.0 Å². The molecule has 1 aromatic heterocycles. The quantitative estimate of drug-likeness (QED) is 0.716. The van der Waals surface area contributed by atoms with Crippen molar-refractivity contribution < 1.29 is 18.0 Å². The van der Waals surface area contributed by atoms with Crippen LogP contribution in [0, 0.1) is 0 Å². The van der Waals surface area contributed by atoms with Gasteiger partial charge >= 0.3 is 0 Å². The number of amides is 1. The van der Waals surface area contributed by atoms with Crippen LogP contribution in [0.2, 0.25) is 0 Å². The summed E-state index contributed by atoms with van der Waals surface area (Å²) in [5.41, 5.74) is 2.32. The minimum atomic E-state index is -3.54. The number of hydrogen-bond acceptors (Lipinski definition) is 5. The fourth-order valence-electron chi connectivity index (χ4n) is 3.91. The van der Waals surface area contributed by atoms with Gasteiger partial charge in [0.2, 0.25) is 10.0 Å². The Morgan fingerprint density at radius 2 is 1.96 bits per heavy atom. The van der Waals surface area contributed by atoms with E-state index in [-0.39, 0.29) is 18.2 Å². The van der Waals surface area contributed by atoms with Crippen LogP contribution in [-0.2, 0) is 16.4 Å². The van der Waals surface area contributed by atoms with E-state index in [0.29, 0.717) is 42.8 Å². The minimum absolute atomic E-state index is 0.0814. The maximum atomic E-state index is 13.3. The normalized spacial score (nSPS) is 19.5. The first kappa shape index (κ1) is 19.1. The number of benzene rings is 1. The highest BCUT2D eigenvalue weighted by Crippen LogP contribution is 2.33. The summed E-state index contributed by atoms with van der Waals surface area (Å²) in [5, 5.41) is 1.07. The molecule has 0 radical (unpaired) electrons. The molecule has 4 rings (SSSR count). The first-order chi connectivity index (χ1) is 13.4. The second kappa shape index (κ2) is 7.33. The highest BCUT2D eigenvalue weighted by molar-refractivity contribution is 7.93. The molecule has 1 aromatic carbocycles. The number of rotatable bonds is 4. The number of piperidine rings is 1. The highest BCUT2D eigenvalue weighted by Gasteiger charge is 2.39. The molecule has 1 saturated heterocycles. The van der Waals surface area contributed by atoms with Crippen molar-refractivity contribution in [1.82, 2.24) is 4.90 Å². The van der Waals surface area contributed by atoms with Gasteiger partial charge in [0.05, 0.1) is 15.8 Å². The molecule has 1 atom stereocenters. The Balaban J connectivity index is 1.53. The maximum absolute atomic E-state index is 13.3. The number of thiophene rings is 1. The van der Waals surface area contributed by atoms with Gasteiger partial charge in [-0.2, -0.15) is 0 Å². The van der Waals surface area contributed by atoms with E-state index in [2.05, 4.69) is 0 Å². The molecule has 0 bridgehead atoms.